The predicted octanol–water partition coefficient (Wildman–Crippen LogP) is 4.39. The van der Waals surface area contributed by atoms with E-state index in [0.717, 1.165) is 65.0 Å². The van der Waals surface area contributed by atoms with Gasteiger partial charge in [0.2, 0.25) is 0 Å². The molecule has 1 saturated heterocycles. The minimum absolute atomic E-state index is 0.227. The Balaban J connectivity index is 1.34. The van der Waals surface area contributed by atoms with Gasteiger partial charge in [-0.25, -0.2) is 9.78 Å². The van der Waals surface area contributed by atoms with Crippen LogP contribution < -0.4 is 4.74 Å². The number of aromatic nitrogens is 5. The molecule has 1 N–H and O–H groups in total. The SMILES string of the molecule is COC(=O)N1CCC(n2cc(-c3n[nH]c4cc(OC)c(-c5cccc6c5CCC6)nc34)cn2)CC1. The van der Waals surface area contributed by atoms with Crippen molar-refractivity contribution in [2.24, 2.45) is 0 Å². The van der Waals surface area contributed by atoms with Crippen LogP contribution >= 0.6 is 0 Å². The van der Waals surface area contributed by atoms with Crippen molar-refractivity contribution in [3.8, 4) is 28.3 Å². The molecule has 0 atom stereocenters. The fraction of sp³-hybridized carbons (Fsp3) is 0.385. The fourth-order valence-electron chi connectivity index (χ4n) is 5.42. The molecule has 1 amide bonds. The summed E-state index contributed by atoms with van der Waals surface area (Å²) in [6.07, 6.45) is 8.61. The van der Waals surface area contributed by atoms with Gasteiger partial charge in [0.25, 0.3) is 0 Å². The number of ether oxygens (including phenoxy) is 2. The minimum Gasteiger partial charge on any atom is -0.494 e. The Morgan fingerprint density at radius 1 is 1.14 bits per heavy atom. The molecule has 4 aromatic rings. The number of methoxy groups -OCH3 is 2. The second-order valence-electron chi connectivity index (χ2n) is 9.20. The number of rotatable bonds is 4. The first kappa shape index (κ1) is 21.6. The van der Waals surface area contributed by atoms with Gasteiger partial charge in [-0.15, -0.1) is 0 Å². The number of benzene rings is 1. The molecule has 6 rings (SSSR count). The molecule has 0 radical (unpaired) electrons. The highest BCUT2D eigenvalue weighted by atomic mass is 16.5. The van der Waals surface area contributed by atoms with Crippen molar-refractivity contribution in [2.75, 3.05) is 27.3 Å². The van der Waals surface area contributed by atoms with Crippen molar-refractivity contribution < 1.29 is 14.3 Å². The lowest BCUT2D eigenvalue weighted by Crippen LogP contribution is -2.39. The molecular weight excluding hydrogens is 444 g/mol. The number of H-pyrrole nitrogens is 1. The summed E-state index contributed by atoms with van der Waals surface area (Å²) in [7, 11) is 3.10. The molecule has 2 aliphatic rings. The number of nitrogens with zero attached hydrogens (tertiary/aromatic N) is 5. The Kier molecular flexibility index (Phi) is 5.39. The van der Waals surface area contributed by atoms with Crippen LogP contribution in [0.2, 0.25) is 0 Å². The summed E-state index contributed by atoms with van der Waals surface area (Å²) < 4.78 is 12.6. The molecule has 1 fully saturated rings. The molecule has 1 aromatic carbocycles. The van der Waals surface area contributed by atoms with Gasteiger partial charge in [-0.05, 0) is 43.2 Å². The number of carbonyl (C=O) groups is 1. The van der Waals surface area contributed by atoms with Crippen molar-refractivity contribution in [1.29, 1.82) is 0 Å². The maximum absolute atomic E-state index is 11.8. The van der Waals surface area contributed by atoms with Crippen molar-refractivity contribution in [1.82, 2.24) is 29.9 Å². The van der Waals surface area contributed by atoms with Gasteiger partial charge < -0.3 is 14.4 Å². The maximum Gasteiger partial charge on any atom is 0.409 e. The molecule has 4 heterocycles. The number of fused-ring (bicyclic) bond motifs is 2. The molecule has 9 nitrogen and oxygen atoms in total. The summed E-state index contributed by atoms with van der Waals surface area (Å²) in [5, 5.41) is 12.3. The highest BCUT2D eigenvalue weighted by Gasteiger charge is 2.26. The number of amides is 1. The molecule has 0 bridgehead atoms. The highest BCUT2D eigenvalue weighted by molar-refractivity contribution is 5.92. The van der Waals surface area contributed by atoms with Crippen molar-refractivity contribution in [2.45, 2.75) is 38.1 Å². The van der Waals surface area contributed by atoms with E-state index in [1.165, 1.54) is 24.7 Å². The summed E-state index contributed by atoms with van der Waals surface area (Å²) in [5.41, 5.74) is 8.07. The first-order chi connectivity index (χ1) is 17.2. The van der Waals surface area contributed by atoms with Crippen LogP contribution in [0.1, 0.15) is 36.4 Å². The number of hydrogen-bond acceptors (Lipinski definition) is 6. The minimum atomic E-state index is -0.269. The Bertz CT molecular complexity index is 1400. The number of likely N-dealkylation sites (tertiary alicyclic amines) is 1. The van der Waals surface area contributed by atoms with E-state index in [-0.39, 0.29) is 12.1 Å². The first-order valence-corrected chi connectivity index (χ1v) is 12.1. The molecule has 9 heteroatoms. The van der Waals surface area contributed by atoms with Gasteiger partial charge in [0, 0.05) is 36.5 Å². The van der Waals surface area contributed by atoms with Gasteiger partial charge in [0.1, 0.15) is 22.7 Å². The average Bonchev–Trinajstić information content (AvgIpc) is 3.66. The topological polar surface area (TPSA) is 98.2 Å². The predicted molar refractivity (Wildman–Crippen MR) is 131 cm³/mol. The zero-order valence-electron chi connectivity index (χ0n) is 20.0. The van der Waals surface area contributed by atoms with Gasteiger partial charge in [-0.3, -0.25) is 9.78 Å². The van der Waals surface area contributed by atoms with Crippen molar-refractivity contribution in [3.05, 3.63) is 47.8 Å². The number of aryl methyl sites for hydroxylation is 1. The third kappa shape index (κ3) is 3.71. The first-order valence-electron chi connectivity index (χ1n) is 12.1. The van der Waals surface area contributed by atoms with Crippen LogP contribution in [-0.2, 0) is 17.6 Å². The number of hydrogen-bond donors (Lipinski definition) is 1. The molecule has 3 aromatic heterocycles. The number of piperidine rings is 1. The Labute approximate surface area is 203 Å². The summed E-state index contributed by atoms with van der Waals surface area (Å²) >= 11 is 0. The van der Waals surface area contributed by atoms with Crippen molar-refractivity contribution >= 4 is 17.1 Å². The zero-order chi connectivity index (χ0) is 23.9. The van der Waals surface area contributed by atoms with Crippen LogP contribution in [0.4, 0.5) is 4.79 Å². The molecule has 180 valence electrons. The lowest BCUT2D eigenvalue weighted by atomic mass is 9.99. The highest BCUT2D eigenvalue weighted by Crippen LogP contribution is 2.39. The molecule has 0 spiro atoms. The molecule has 1 aliphatic heterocycles. The van der Waals surface area contributed by atoms with Crippen molar-refractivity contribution in [3.63, 3.8) is 0 Å². The third-order valence-corrected chi connectivity index (χ3v) is 7.27. The molecule has 1 aliphatic carbocycles. The second kappa shape index (κ2) is 8.72. The summed E-state index contributed by atoms with van der Waals surface area (Å²) in [5.74, 6) is 0.737. The van der Waals surface area contributed by atoms with Gasteiger partial charge in [0.15, 0.2) is 0 Å². The van der Waals surface area contributed by atoms with E-state index in [2.05, 4.69) is 33.5 Å². The Morgan fingerprint density at radius 2 is 2.00 bits per heavy atom. The molecule has 0 saturated carbocycles. The molecule has 35 heavy (non-hydrogen) atoms. The Morgan fingerprint density at radius 3 is 2.80 bits per heavy atom. The van der Waals surface area contributed by atoms with E-state index in [1.54, 1.807) is 12.0 Å². The number of pyridine rings is 1. The van der Waals surface area contributed by atoms with Crippen LogP contribution in [0.15, 0.2) is 36.7 Å². The van der Waals surface area contributed by atoms with E-state index in [9.17, 15) is 4.79 Å². The fourth-order valence-corrected chi connectivity index (χ4v) is 5.42. The normalized spacial score (nSPS) is 16.0. The van der Waals surface area contributed by atoms with Crippen LogP contribution in [-0.4, -0.2) is 63.3 Å². The Hall–Kier alpha value is -3.88. The van der Waals surface area contributed by atoms with E-state index in [1.807, 2.05) is 23.1 Å². The number of carbonyl (C=O) groups excluding carboxylic acids is 1. The third-order valence-electron chi connectivity index (χ3n) is 7.27. The van der Waals surface area contributed by atoms with E-state index >= 15 is 0 Å². The molecular formula is C26H28N6O3. The van der Waals surface area contributed by atoms with Crippen LogP contribution in [0.25, 0.3) is 33.5 Å². The largest absolute Gasteiger partial charge is 0.494 e. The average molecular weight is 473 g/mol. The van der Waals surface area contributed by atoms with Crippen LogP contribution in [0, 0.1) is 0 Å². The zero-order valence-corrected chi connectivity index (χ0v) is 20.0. The summed E-state index contributed by atoms with van der Waals surface area (Å²) in [4.78, 5) is 18.6. The van der Waals surface area contributed by atoms with Gasteiger partial charge in [-0.1, -0.05) is 18.2 Å². The van der Waals surface area contributed by atoms with Crippen LogP contribution in [0.5, 0.6) is 5.75 Å². The standard InChI is InChI=1S/C26H28N6O3/c1-34-22-13-21-25(28-24(22)20-8-4-6-16-5-3-7-19(16)20)23(30-29-21)17-14-27-32(15-17)18-9-11-31(12-10-18)26(33)35-2/h4,6,8,13-15,18H,3,5,7,9-12H2,1-2H3,(H,29,30). The van der Waals surface area contributed by atoms with Gasteiger partial charge in [-0.2, -0.15) is 10.2 Å². The summed E-state index contributed by atoms with van der Waals surface area (Å²) in [6.45, 7) is 1.31. The maximum atomic E-state index is 11.8. The van der Waals surface area contributed by atoms with E-state index in [0.29, 0.717) is 13.1 Å². The smallest absolute Gasteiger partial charge is 0.409 e. The number of nitrogens with one attached hydrogen (secondary N) is 1. The van der Waals surface area contributed by atoms with Crippen LogP contribution in [0.3, 0.4) is 0 Å². The number of aromatic amines is 1. The van der Waals surface area contributed by atoms with E-state index in [4.69, 9.17) is 14.5 Å². The summed E-state index contributed by atoms with van der Waals surface area (Å²) in [6, 6.07) is 8.67. The lowest BCUT2D eigenvalue weighted by Gasteiger charge is -2.30. The monoisotopic (exact) mass is 472 g/mol. The van der Waals surface area contributed by atoms with E-state index < -0.39 is 0 Å². The second-order valence-corrected chi connectivity index (χ2v) is 9.20. The quantitative estimate of drug-likeness (QED) is 0.473. The van der Waals surface area contributed by atoms with Gasteiger partial charge in [0.05, 0.1) is 32.0 Å². The van der Waals surface area contributed by atoms with Gasteiger partial charge >= 0.3 is 6.09 Å². The lowest BCUT2D eigenvalue weighted by molar-refractivity contribution is 0.105. The molecule has 0 unspecified atom stereocenters.